The van der Waals surface area contributed by atoms with Gasteiger partial charge in [-0.05, 0) is 17.7 Å². The summed E-state index contributed by atoms with van der Waals surface area (Å²) in [5, 5.41) is 21.0. The molecule has 8 nitrogen and oxygen atoms in total. The van der Waals surface area contributed by atoms with Crippen LogP contribution in [0.4, 0.5) is 11.6 Å². The molecule has 1 N–H and O–H groups in total. The quantitative estimate of drug-likeness (QED) is 0.470. The first kappa shape index (κ1) is 22.4. The molecule has 6 rings (SSSR count). The molecular weight excluding hydrogens is 452 g/mol. The van der Waals surface area contributed by atoms with Gasteiger partial charge >= 0.3 is 0 Å². The summed E-state index contributed by atoms with van der Waals surface area (Å²) >= 11 is 0. The molecule has 0 aliphatic carbocycles. The molecule has 0 atom stereocenters. The van der Waals surface area contributed by atoms with Gasteiger partial charge in [-0.15, -0.1) is 5.10 Å². The van der Waals surface area contributed by atoms with Gasteiger partial charge in [-0.2, -0.15) is 5.10 Å². The Hall–Kier alpha value is -4.04. The van der Waals surface area contributed by atoms with Crippen LogP contribution in [0.1, 0.15) is 21.6 Å². The molecule has 2 aliphatic rings. The monoisotopic (exact) mass is 480 g/mol. The number of pyridine rings is 1. The molecule has 36 heavy (non-hydrogen) atoms. The lowest BCUT2D eigenvalue weighted by Crippen LogP contribution is -2.53. The van der Waals surface area contributed by atoms with Gasteiger partial charge in [0.05, 0.1) is 17.4 Å². The van der Waals surface area contributed by atoms with Crippen LogP contribution < -0.4 is 9.80 Å². The van der Waals surface area contributed by atoms with E-state index in [1.165, 1.54) is 5.56 Å². The van der Waals surface area contributed by atoms with Crippen LogP contribution in [0.2, 0.25) is 0 Å². The topological polar surface area (TPSA) is 85.7 Å². The number of amides is 1. The third-order valence-corrected chi connectivity index (χ3v) is 7.01. The van der Waals surface area contributed by atoms with Gasteiger partial charge in [0, 0.05) is 62.7 Å². The van der Waals surface area contributed by atoms with Crippen molar-refractivity contribution >= 4 is 28.3 Å². The number of aliphatic hydroxyl groups excluding tert-OH is 1. The predicted octanol–water partition coefficient (Wildman–Crippen LogP) is 2.76. The van der Waals surface area contributed by atoms with Crippen LogP contribution in [0, 0.1) is 0 Å². The van der Waals surface area contributed by atoms with Crippen molar-refractivity contribution < 1.29 is 9.90 Å². The maximum atomic E-state index is 12.4. The maximum Gasteiger partial charge on any atom is 0.255 e. The normalized spacial score (nSPS) is 16.3. The second kappa shape index (κ2) is 9.54. The van der Waals surface area contributed by atoms with E-state index >= 15 is 0 Å². The van der Waals surface area contributed by atoms with E-state index in [0.717, 1.165) is 60.7 Å². The lowest BCUT2D eigenvalue weighted by atomic mass is 10.0. The number of β-amino-alcohol motifs (C(OH)–C–C–N with tert-alkyl or cyclic N) is 1. The molecule has 4 aromatic rings. The van der Waals surface area contributed by atoms with E-state index in [0.29, 0.717) is 18.7 Å². The van der Waals surface area contributed by atoms with E-state index < -0.39 is 6.10 Å². The molecule has 2 aromatic heterocycles. The van der Waals surface area contributed by atoms with Crippen LogP contribution in [0.25, 0.3) is 10.8 Å². The van der Waals surface area contributed by atoms with Gasteiger partial charge in [0.25, 0.3) is 5.91 Å². The Morgan fingerprint density at radius 3 is 2.22 bits per heavy atom. The van der Waals surface area contributed by atoms with Crippen molar-refractivity contribution in [3.8, 4) is 0 Å². The minimum Gasteiger partial charge on any atom is -0.389 e. The van der Waals surface area contributed by atoms with E-state index in [1.807, 2.05) is 18.2 Å². The van der Waals surface area contributed by atoms with Crippen molar-refractivity contribution in [2.24, 2.45) is 0 Å². The smallest absolute Gasteiger partial charge is 0.255 e. The summed E-state index contributed by atoms with van der Waals surface area (Å²) in [6, 6.07) is 22.5. The van der Waals surface area contributed by atoms with Crippen LogP contribution in [-0.2, 0) is 6.42 Å². The van der Waals surface area contributed by atoms with Gasteiger partial charge in [-0.3, -0.25) is 4.79 Å². The summed E-state index contributed by atoms with van der Waals surface area (Å²) in [6.07, 6.45) is 1.99. The maximum absolute atomic E-state index is 12.4. The lowest BCUT2D eigenvalue weighted by molar-refractivity contribution is 0.00587. The highest BCUT2D eigenvalue weighted by Gasteiger charge is 2.30. The fourth-order valence-corrected chi connectivity index (χ4v) is 4.95. The Morgan fingerprint density at radius 1 is 0.833 bits per heavy atom. The number of hydrogen-bond acceptors (Lipinski definition) is 7. The van der Waals surface area contributed by atoms with Gasteiger partial charge < -0.3 is 19.8 Å². The average molecular weight is 481 g/mol. The van der Waals surface area contributed by atoms with Crippen molar-refractivity contribution in [3.05, 3.63) is 89.7 Å². The number of piperazine rings is 1. The van der Waals surface area contributed by atoms with Gasteiger partial charge in [0.15, 0.2) is 5.82 Å². The minimum absolute atomic E-state index is 0.0784. The highest BCUT2D eigenvalue weighted by atomic mass is 16.3. The predicted molar refractivity (Wildman–Crippen MR) is 139 cm³/mol. The number of fused-ring (bicyclic) bond motifs is 1. The van der Waals surface area contributed by atoms with Crippen LogP contribution in [0.3, 0.4) is 0 Å². The van der Waals surface area contributed by atoms with Gasteiger partial charge in [-0.1, -0.05) is 54.6 Å². The number of hydrogen-bond donors (Lipinski definition) is 1. The van der Waals surface area contributed by atoms with Crippen molar-refractivity contribution in [2.75, 3.05) is 49.1 Å². The molecule has 2 saturated heterocycles. The summed E-state index contributed by atoms with van der Waals surface area (Å²) in [6.45, 7) is 4.02. The van der Waals surface area contributed by atoms with Crippen LogP contribution in [-0.4, -0.2) is 76.5 Å². The number of nitrogens with zero attached hydrogens (tertiary/aromatic N) is 6. The fraction of sp³-hybridized carbons (Fsp3) is 0.286. The Bertz CT molecular complexity index is 1360. The second-order valence-electron chi connectivity index (χ2n) is 9.42. The first-order chi connectivity index (χ1) is 17.7. The molecule has 0 bridgehead atoms. The number of aliphatic hydroxyl groups is 1. The summed E-state index contributed by atoms with van der Waals surface area (Å²) in [4.78, 5) is 23.2. The zero-order chi connectivity index (χ0) is 24.5. The standard InChI is InChI=1S/C28H28N6O2/c35-22-18-34(19-22)28(36)21-10-11-26(29-17-21)32-12-14-33(15-13-32)27-24-9-5-4-8-23(24)25(30-31-27)16-20-6-2-1-3-7-20/h1-11,17,22,35H,12-16,18-19H2. The SMILES string of the molecule is O=C(c1ccc(N2CCN(c3nnc(Cc4ccccc4)c4ccccc34)CC2)nc1)N1CC(O)C1. The van der Waals surface area contributed by atoms with E-state index in [1.54, 1.807) is 11.1 Å². The molecule has 2 aliphatic heterocycles. The molecule has 8 heteroatoms. The summed E-state index contributed by atoms with van der Waals surface area (Å²) in [7, 11) is 0. The molecule has 2 aromatic carbocycles. The summed E-state index contributed by atoms with van der Waals surface area (Å²) < 4.78 is 0. The molecule has 0 radical (unpaired) electrons. The first-order valence-corrected chi connectivity index (χ1v) is 12.4. The van der Waals surface area contributed by atoms with Gasteiger partial charge in [0.2, 0.25) is 0 Å². The first-order valence-electron chi connectivity index (χ1n) is 12.4. The van der Waals surface area contributed by atoms with E-state index in [2.05, 4.69) is 73.5 Å². The van der Waals surface area contributed by atoms with E-state index in [9.17, 15) is 9.90 Å². The fourth-order valence-electron chi connectivity index (χ4n) is 4.95. The van der Waals surface area contributed by atoms with Gasteiger partial charge in [0.1, 0.15) is 5.82 Å². The molecule has 182 valence electrons. The second-order valence-corrected chi connectivity index (χ2v) is 9.42. The molecule has 0 spiro atoms. The molecule has 2 fully saturated rings. The third-order valence-electron chi connectivity index (χ3n) is 7.01. The zero-order valence-corrected chi connectivity index (χ0v) is 20.0. The molecule has 0 saturated carbocycles. The van der Waals surface area contributed by atoms with Crippen molar-refractivity contribution in [1.82, 2.24) is 20.1 Å². The number of anilines is 2. The third kappa shape index (κ3) is 4.35. The molecule has 4 heterocycles. The molecule has 0 unspecified atom stereocenters. The molecular formula is C28H28N6O2. The minimum atomic E-state index is -0.403. The number of rotatable bonds is 5. The molecule has 1 amide bonds. The largest absolute Gasteiger partial charge is 0.389 e. The Labute approximate surface area is 209 Å². The van der Waals surface area contributed by atoms with Crippen molar-refractivity contribution in [1.29, 1.82) is 0 Å². The van der Waals surface area contributed by atoms with Crippen molar-refractivity contribution in [3.63, 3.8) is 0 Å². The average Bonchev–Trinajstić information content (AvgIpc) is 2.92. The van der Waals surface area contributed by atoms with Gasteiger partial charge in [-0.25, -0.2) is 4.98 Å². The number of carbonyl (C=O) groups is 1. The number of benzene rings is 2. The number of carbonyl (C=O) groups excluding carboxylic acids is 1. The Balaban J connectivity index is 1.15. The summed E-state index contributed by atoms with van der Waals surface area (Å²) in [5.41, 5.74) is 2.77. The van der Waals surface area contributed by atoms with Crippen molar-refractivity contribution in [2.45, 2.75) is 12.5 Å². The lowest BCUT2D eigenvalue weighted by Gasteiger charge is -2.37. The highest BCUT2D eigenvalue weighted by Crippen LogP contribution is 2.28. The van der Waals surface area contributed by atoms with Crippen LogP contribution in [0.5, 0.6) is 0 Å². The number of aromatic nitrogens is 3. The Kier molecular flexibility index (Phi) is 5.95. The Morgan fingerprint density at radius 2 is 1.53 bits per heavy atom. The number of likely N-dealkylation sites (tertiary alicyclic amines) is 1. The highest BCUT2D eigenvalue weighted by molar-refractivity contribution is 5.95. The zero-order valence-electron chi connectivity index (χ0n) is 20.0. The van der Waals surface area contributed by atoms with Crippen LogP contribution in [0.15, 0.2) is 72.9 Å². The van der Waals surface area contributed by atoms with E-state index in [-0.39, 0.29) is 5.91 Å². The van der Waals surface area contributed by atoms with E-state index in [4.69, 9.17) is 0 Å². The van der Waals surface area contributed by atoms with Crippen LogP contribution >= 0.6 is 0 Å². The summed E-state index contributed by atoms with van der Waals surface area (Å²) in [5.74, 6) is 1.71.